The number of methoxy groups -OCH3 is 1. The number of pyridine rings is 1. The second kappa shape index (κ2) is 4.82. The third-order valence-electron chi connectivity index (χ3n) is 3.23. The summed E-state index contributed by atoms with van der Waals surface area (Å²) < 4.78 is 5.32. The molecular formula is C14H18N2O2. The lowest BCUT2D eigenvalue weighted by Gasteiger charge is -2.12. The molecule has 0 fully saturated rings. The van der Waals surface area contributed by atoms with Gasteiger partial charge in [0.2, 0.25) is 0 Å². The molecule has 18 heavy (non-hydrogen) atoms. The van der Waals surface area contributed by atoms with E-state index in [9.17, 15) is 4.79 Å². The summed E-state index contributed by atoms with van der Waals surface area (Å²) in [5.74, 6) is 0.699. The van der Waals surface area contributed by atoms with Crippen LogP contribution in [0, 0.1) is 13.8 Å². The third kappa shape index (κ3) is 1.99. The topological polar surface area (TPSA) is 68.1 Å². The molecule has 3 N–H and O–H groups in total. The number of benzene rings is 1. The van der Waals surface area contributed by atoms with Crippen molar-refractivity contribution in [3.8, 4) is 5.75 Å². The minimum atomic E-state index is -0.0763. The second-order valence-electron chi connectivity index (χ2n) is 4.49. The number of aryl methyl sites for hydroxylation is 2. The Labute approximate surface area is 106 Å². The van der Waals surface area contributed by atoms with Crippen LogP contribution in [-0.2, 0) is 6.42 Å². The molecule has 0 atom stereocenters. The minimum absolute atomic E-state index is 0.0763. The van der Waals surface area contributed by atoms with Gasteiger partial charge in [0, 0.05) is 10.9 Å². The van der Waals surface area contributed by atoms with Crippen LogP contribution >= 0.6 is 0 Å². The highest BCUT2D eigenvalue weighted by Gasteiger charge is 2.12. The smallest absolute Gasteiger partial charge is 0.252 e. The number of aromatic amines is 1. The summed E-state index contributed by atoms with van der Waals surface area (Å²) in [6.07, 6.45) is 0.591. The van der Waals surface area contributed by atoms with Gasteiger partial charge in [-0.1, -0.05) is 0 Å². The first-order valence-corrected chi connectivity index (χ1v) is 5.98. The van der Waals surface area contributed by atoms with E-state index in [1.165, 1.54) is 0 Å². The molecule has 0 unspecified atom stereocenters. The van der Waals surface area contributed by atoms with E-state index in [1.807, 2.05) is 19.9 Å². The Morgan fingerprint density at radius 3 is 2.67 bits per heavy atom. The number of hydrogen-bond donors (Lipinski definition) is 2. The molecule has 1 aromatic carbocycles. The molecule has 0 saturated heterocycles. The van der Waals surface area contributed by atoms with Crippen molar-refractivity contribution >= 4 is 10.9 Å². The molecule has 2 aromatic rings. The number of hydrogen-bond acceptors (Lipinski definition) is 3. The van der Waals surface area contributed by atoms with Crippen molar-refractivity contribution in [2.75, 3.05) is 13.7 Å². The SMILES string of the molecule is COc1cc(C)cc2c(C)c(CCN)c(=O)[nH]c12. The lowest BCUT2D eigenvalue weighted by molar-refractivity contribution is 0.418. The van der Waals surface area contributed by atoms with Crippen molar-refractivity contribution in [1.82, 2.24) is 4.98 Å². The largest absolute Gasteiger partial charge is 0.495 e. The van der Waals surface area contributed by atoms with E-state index in [2.05, 4.69) is 11.1 Å². The molecule has 0 aliphatic carbocycles. The molecule has 0 spiro atoms. The van der Waals surface area contributed by atoms with Gasteiger partial charge in [0.25, 0.3) is 5.56 Å². The monoisotopic (exact) mass is 246 g/mol. The van der Waals surface area contributed by atoms with Crippen molar-refractivity contribution in [3.05, 3.63) is 39.2 Å². The Balaban J connectivity index is 2.86. The maximum absolute atomic E-state index is 12.0. The predicted octanol–water partition coefficient (Wildman–Crippen LogP) is 1.65. The van der Waals surface area contributed by atoms with Gasteiger partial charge in [-0.05, 0) is 50.1 Å². The van der Waals surface area contributed by atoms with Gasteiger partial charge in [0.1, 0.15) is 5.75 Å². The van der Waals surface area contributed by atoms with Crippen LogP contribution in [0.4, 0.5) is 0 Å². The molecule has 2 rings (SSSR count). The highest BCUT2D eigenvalue weighted by Crippen LogP contribution is 2.27. The molecule has 96 valence electrons. The van der Waals surface area contributed by atoms with Gasteiger partial charge in [0.15, 0.2) is 0 Å². The summed E-state index contributed by atoms with van der Waals surface area (Å²) in [5.41, 5.74) is 9.08. The summed E-state index contributed by atoms with van der Waals surface area (Å²) in [6, 6.07) is 3.98. The van der Waals surface area contributed by atoms with Crippen LogP contribution in [0.15, 0.2) is 16.9 Å². The molecule has 1 aromatic heterocycles. The zero-order valence-electron chi connectivity index (χ0n) is 11.0. The maximum atomic E-state index is 12.0. The Morgan fingerprint density at radius 2 is 2.06 bits per heavy atom. The van der Waals surface area contributed by atoms with Crippen LogP contribution in [0.2, 0.25) is 0 Å². The number of H-pyrrole nitrogens is 1. The van der Waals surface area contributed by atoms with Gasteiger partial charge in [0.05, 0.1) is 12.6 Å². The maximum Gasteiger partial charge on any atom is 0.252 e. The fourth-order valence-corrected chi connectivity index (χ4v) is 2.31. The van der Waals surface area contributed by atoms with Crippen LogP contribution in [0.3, 0.4) is 0 Å². The molecule has 0 bridgehead atoms. The average molecular weight is 246 g/mol. The summed E-state index contributed by atoms with van der Waals surface area (Å²) in [5, 5.41) is 1.02. The number of nitrogens with one attached hydrogen (secondary N) is 1. The number of aromatic nitrogens is 1. The first-order valence-electron chi connectivity index (χ1n) is 5.98. The van der Waals surface area contributed by atoms with Crippen molar-refractivity contribution in [2.45, 2.75) is 20.3 Å². The highest BCUT2D eigenvalue weighted by molar-refractivity contribution is 5.88. The van der Waals surface area contributed by atoms with Crippen LogP contribution in [-0.4, -0.2) is 18.6 Å². The van der Waals surface area contributed by atoms with Gasteiger partial charge in [-0.25, -0.2) is 0 Å². The Bertz CT molecular complexity index is 644. The lowest BCUT2D eigenvalue weighted by atomic mass is 10.0. The van der Waals surface area contributed by atoms with Crippen molar-refractivity contribution in [1.29, 1.82) is 0 Å². The number of nitrogens with two attached hydrogens (primary N) is 1. The fraction of sp³-hybridized carbons (Fsp3) is 0.357. The van der Waals surface area contributed by atoms with Gasteiger partial charge in [-0.15, -0.1) is 0 Å². The van der Waals surface area contributed by atoms with E-state index >= 15 is 0 Å². The van der Waals surface area contributed by atoms with E-state index in [4.69, 9.17) is 10.5 Å². The molecule has 0 saturated carbocycles. The number of fused-ring (bicyclic) bond motifs is 1. The summed E-state index contributed by atoms with van der Waals surface area (Å²) in [6.45, 7) is 4.44. The predicted molar refractivity (Wildman–Crippen MR) is 73.4 cm³/mol. The van der Waals surface area contributed by atoms with Crippen molar-refractivity contribution in [3.63, 3.8) is 0 Å². The Kier molecular flexibility index (Phi) is 3.39. The van der Waals surface area contributed by atoms with E-state index in [0.29, 0.717) is 18.7 Å². The normalized spacial score (nSPS) is 10.9. The summed E-state index contributed by atoms with van der Waals surface area (Å²) in [4.78, 5) is 14.9. The minimum Gasteiger partial charge on any atom is -0.495 e. The zero-order valence-corrected chi connectivity index (χ0v) is 11.0. The zero-order chi connectivity index (χ0) is 13.3. The lowest BCUT2D eigenvalue weighted by Crippen LogP contribution is -2.18. The molecule has 1 heterocycles. The molecule has 4 nitrogen and oxygen atoms in total. The van der Waals surface area contributed by atoms with Crippen LogP contribution in [0.1, 0.15) is 16.7 Å². The quantitative estimate of drug-likeness (QED) is 0.865. The van der Waals surface area contributed by atoms with Gasteiger partial charge < -0.3 is 15.5 Å². The molecule has 0 aliphatic rings. The average Bonchev–Trinajstić information content (AvgIpc) is 2.35. The van der Waals surface area contributed by atoms with Crippen molar-refractivity contribution < 1.29 is 4.74 Å². The Morgan fingerprint density at radius 1 is 1.33 bits per heavy atom. The molecule has 4 heteroatoms. The van der Waals surface area contributed by atoms with Gasteiger partial charge in [-0.2, -0.15) is 0 Å². The van der Waals surface area contributed by atoms with E-state index in [0.717, 1.165) is 27.6 Å². The van der Waals surface area contributed by atoms with Crippen molar-refractivity contribution in [2.24, 2.45) is 5.73 Å². The van der Waals surface area contributed by atoms with Crippen LogP contribution in [0.5, 0.6) is 5.75 Å². The Hall–Kier alpha value is -1.81. The van der Waals surface area contributed by atoms with Crippen LogP contribution in [0.25, 0.3) is 10.9 Å². The summed E-state index contributed by atoms with van der Waals surface area (Å²) in [7, 11) is 1.61. The summed E-state index contributed by atoms with van der Waals surface area (Å²) >= 11 is 0. The first-order chi connectivity index (χ1) is 8.58. The number of rotatable bonds is 3. The highest BCUT2D eigenvalue weighted by atomic mass is 16.5. The standard InChI is InChI=1S/C14H18N2O2/c1-8-6-11-9(2)10(4-5-15)14(17)16-13(11)12(7-8)18-3/h6-7H,4-5,15H2,1-3H3,(H,16,17). The van der Waals surface area contributed by atoms with E-state index < -0.39 is 0 Å². The second-order valence-corrected chi connectivity index (χ2v) is 4.49. The first kappa shape index (κ1) is 12.6. The van der Waals surface area contributed by atoms with Gasteiger partial charge >= 0.3 is 0 Å². The number of ether oxygens (including phenoxy) is 1. The van der Waals surface area contributed by atoms with E-state index in [1.54, 1.807) is 7.11 Å². The molecule has 0 radical (unpaired) electrons. The van der Waals surface area contributed by atoms with E-state index in [-0.39, 0.29) is 5.56 Å². The molecule has 0 amide bonds. The van der Waals surface area contributed by atoms with Crippen LogP contribution < -0.4 is 16.0 Å². The fourth-order valence-electron chi connectivity index (χ4n) is 2.31. The molecular weight excluding hydrogens is 228 g/mol. The third-order valence-corrected chi connectivity index (χ3v) is 3.23. The molecule has 0 aliphatic heterocycles. The van der Waals surface area contributed by atoms with Gasteiger partial charge in [-0.3, -0.25) is 4.79 Å².